The molecular weight excluding hydrogens is 254 g/mol. The molecule has 0 amide bonds. The standard InChI is InChI=1S/C14H23N5O/c15-18-12-9-13(17-14(16-12)10-5-6-10)19(7-2-8-20)11-3-1-4-11/h9-11,20H,1-8,15H2,(H,16,17,18). The first-order valence-corrected chi connectivity index (χ1v) is 7.55. The molecule has 1 aromatic heterocycles. The van der Waals surface area contributed by atoms with E-state index in [1.54, 1.807) is 0 Å². The van der Waals surface area contributed by atoms with Crippen LogP contribution >= 0.6 is 0 Å². The molecule has 2 saturated carbocycles. The summed E-state index contributed by atoms with van der Waals surface area (Å²) in [5.41, 5.74) is 2.65. The highest BCUT2D eigenvalue weighted by Gasteiger charge is 2.30. The number of rotatable bonds is 7. The van der Waals surface area contributed by atoms with Crippen LogP contribution < -0.4 is 16.2 Å². The van der Waals surface area contributed by atoms with Crippen molar-refractivity contribution in [3.63, 3.8) is 0 Å². The summed E-state index contributed by atoms with van der Waals surface area (Å²) in [6, 6.07) is 2.47. The molecule has 6 heteroatoms. The van der Waals surface area contributed by atoms with Crippen molar-refractivity contribution in [2.45, 2.75) is 50.5 Å². The maximum Gasteiger partial charge on any atom is 0.145 e. The summed E-state index contributed by atoms with van der Waals surface area (Å²) in [6.45, 7) is 1.05. The monoisotopic (exact) mass is 277 g/mol. The third-order valence-corrected chi connectivity index (χ3v) is 4.19. The predicted molar refractivity (Wildman–Crippen MR) is 78.5 cm³/mol. The number of nitrogens with zero attached hydrogens (tertiary/aromatic N) is 3. The lowest BCUT2D eigenvalue weighted by molar-refractivity contribution is 0.282. The molecule has 0 radical (unpaired) electrons. The van der Waals surface area contributed by atoms with Crippen LogP contribution in [0.25, 0.3) is 0 Å². The first kappa shape index (κ1) is 13.6. The zero-order chi connectivity index (χ0) is 13.9. The van der Waals surface area contributed by atoms with Crippen molar-refractivity contribution >= 4 is 11.6 Å². The van der Waals surface area contributed by atoms with Gasteiger partial charge in [0, 0.05) is 31.2 Å². The lowest BCUT2D eigenvalue weighted by Gasteiger charge is -2.38. The van der Waals surface area contributed by atoms with Crippen LogP contribution in [0.1, 0.15) is 50.3 Å². The van der Waals surface area contributed by atoms with Crippen molar-refractivity contribution in [2.75, 3.05) is 23.5 Å². The molecule has 4 N–H and O–H groups in total. The lowest BCUT2D eigenvalue weighted by atomic mass is 9.91. The van der Waals surface area contributed by atoms with Gasteiger partial charge in [0.1, 0.15) is 17.5 Å². The van der Waals surface area contributed by atoms with Gasteiger partial charge in [-0.2, -0.15) is 0 Å². The molecule has 0 spiro atoms. The van der Waals surface area contributed by atoms with Crippen LogP contribution in [0.2, 0.25) is 0 Å². The smallest absolute Gasteiger partial charge is 0.145 e. The minimum atomic E-state index is 0.214. The van der Waals surface area contributed by atoms with Gasteiger partial charge in [-0.3, -0.25) is 0 Å². The number of aliphatic hydroxyl groups is 1. The average Bonchev–Trinajstić information content (AvgIpc) is 3.25. The van der Waals surface area contributed by atoms with E-state index >= 15 is 0 Å². The molecule has 2 fully saturated rings. The van der Waals surface area contributed by atoms with E-state index in [0.717, 1.165) is 24.6 Å². The summed E-state index contributed by atoms with van der Waals surface area (Å²) in [4.78, 5) is 11.5. The number of aliphatic hydroxyl groups excluding tert-OH is 1. The zero-order valence-electron chi connectivity index (χ0n) is 11.8. The number of nitrogens with one attached hydrogen (secondary N) is 1. The Morgan fingerprint density at radius 2 is 2.10 bits per heavy atom. The van der Waals surface area contributed by atoms with Crippen molar-refractivity contribution in [1.82, 2.24) is 9.97 Å². The molecule has 3 rings (SSSR count). The molecule has 1 heterocycles. The van der Waals surface area contributed by atoms with Gasteiger partial charge in [-0.05, 0) is 38.5 Å². The van der Waals surface area contributed by atoms with Crippen LogP contribution in [0.15, 0.2) is 6.07 Å². The van der Waals surface area contributed by atoms with Crippen LogP contribution in [0, 0.1) is 0 Å². The van der Waals surface area contributed by atoms with E-state index in [2.05, 4.69) is 15.3 Å². The van der Waals surface area contributed by atoms with Gasteiger partial charge in [0.05, 0.1) is 0 Å². The fraction of sp³-hybridized carbons (Fsp3) is 0.714. The molecule has 0 unspecified atom stereocenters. The van der Waals surface area contributed by atoms with Crippen LogP contribution in [0.5, 0.6) is 0 Å². The van der Waals surface area contributed by atoms with Crippen LogP contribution in [0.3, 0.4) is 0 Å². The molecule has 1 aromatic rings. The number of aromatic nitrogens is 2. The summed E-state index contributed by atoms with van der Waals surface area (Å²) in [5, 5.41) is 9.10. The summed E-state index contributed by atoms with van der Waals surface area (Å²) in [5.74, 6) is 8.58. The zero-order valence-corrected chi connectivity index (χ0v) is 11.8. The van der Waals surface area contributed by atoms with E-state index in [-0.39, 0.29) is 6.61 Å². The second-order valence-electron chi connectivity index (χ2n) is 5.74. The van der Waals surface area contributed by atoms with E-state index in [9.17, 15) is 0 Å². The van der Waals surface area contributed by atoms with E-state index in [0.29, 0.717) is 17.8 Å². The van der Waals surface area contributed by atoms with E-state index in [4.69, 9.17) is 15.9 Å². The highest BCUT2D eigenvalue weighted by molar-refractivity contribution is 5.50. The Morgan fingerprint density at radius 3 is 2.65 bits per heavy atom. The third-order valence-electron chi connectivity index (χ3n) is 4.19. The topological polar surface area (TPSA) is 87.3 Å². The quantitative estimate of drug-likeness (QED) is 0.515. The van der Waals surface area contributed by atoms with Crippen LogP contribution in [-0.4, -0.2) is 34.3 Å². The van der Waals surface area contributed by atoms with Crippen molar-refractivity contribution in [3.05, 3.63) is 11.9 Å². The van der Waals surface area contributed by atoms with Gasteiger partial charge in [0.25, 0.3) is 0 Å². The third kappa shape index (κ3) is 2.86. The SMILES string of the molecule is NNc1cc(N(CCCO)C2CCC2)nc(C2CC2)n1. The molecule has 2 aliphatic carbocycles. The highest BCUT2D eigenvalue weighted by Crippen LogP contribution is 2.39. The maximum absolute atomic E-state index is 9.10. The Hall–Kier alpha value is -1.40. The molecule has 0 aromatic carbocycles. The van der Waals surface area contributed by atoms with Gasteiger partial charge in [-0.25, -0.2) is 15.8 Å². The van der Waals surface area contributed by atoms with Gasteiger partial charge < -0.3 is 15.4 Å². The Bertz CT molecular complexity index is 459. The number of nitrogen functional groups attached to an aromatic ring is 1. The van der Waals surface area contributed by atoms with Crippen molar-refractivity contribution in [3.8, 4) is 0 Å². The number of hydrazine groups is 1. The predicted octanol–water partition coefficient (Wildman–Crippen LogP) is 1.38. The molecule has 2 aliphatic rings. The van der Waals surface area contributed by atoms with E-state index in [1.807, 2.05) is 6.07 Å². The molecule has 0 atom stereocenters. The first-order valence-electron chi connectivity index (χ1n) is 7.55. The first-order chi connectivity index (χ1) is 9.81. The van der Waals surface area contributed by atoms with Crippen molar-refractivity contribution in [2.24, 2.45) is 5.84 Å². The number of hydrogen-bond acceptors (Lipinski definition) is 6. The molecule has 6 nitrogen and oxygen atoms in total. The van der Waals surface area contributed by atoms with Crippen LogP contribution in [0.4, 0.5) is 11.6 Å². The van der Waals surface area contributed by atoms with Crippen LogP contribution in [-0.2, 0) is 0 Å². The van der Waals surface area contributed by atoms with E-state index in [1.165, 1.54) is 32.1 Å². The molecule has 0 bridgehead atoms. The average molecular weight is 277 g/mol. The second kappa shape index (κ2) is 5.93. The summed E-state index contributed by atoms with van der Waals surface area (Å²) < 4.78 is 0. The normalized spacial score (nSPS) is 18.7. The summed E-state index contributed by atoms with van der Waals surface area (Å²) in [7, 11) is 0. The minimum Gasteiger partial charge on any atom is -0.396 e. The van der Waals surface area contributed by atoms with Gasteiger partial charge >= 0.3 is 0 Å². The van der Waals surface area contributed by atoms with Crippen molar-refractivity contribution in [1.29, 1.82) is 0 Å². The second-order valence-corrected chi connectivity index (χ2v) is 5.74. The Kier molecular flexibility index (Phi) is 4.03. The number of anilines is 2. The molecule has 110 valence electrons. The van der Waals surface area contributed by atoms with Gasteiger partial charge in [-0.1, -0.05) is 0 Å². The maximum atomic E-state index is 9.10. The fourth-order valence-electron chi connectivity index (χ4n) is 2.62. The minimum absolute atomic E-state index is 0.214. The molecule has 0 saturated heterocycles. The van der Waals surface area contributed by atoms with Gasteiger partial charge in [0.15, 0.2) is 0 Å². The highest BCUT2D eigenvalue weighted by atomic mass is 16.3. The van der Waals surface area contributed by atoms with Gasteiger partial charge in [-0.15, -0.1) is 0 Å². The van der Waals surface area contributed by atoms with E-state index < -0.39 is 0 Å². The Labute approximate surface area is 119 Å². The fourth-order valence-corrected chi connectivity index (χ4v) is 2.62. The van der Waals surface area contributed by atoms with Gasteiger partial charge in [0.2, 0.25) is 0 Å². The Morgan fingerprint density at radius 1 is 1.30 bits per heavy atom. The largest absolute Gasteiger partial charge is 0.396 e. The summed E-state index contributed by atoms with van der Waals surface area (Å²) in [6.07, 6.45) is 6.81. The lowest BCUT2D eigenvalue weighted by Crippen LogP contribution is -2.41. The Balaban J connectivity index is 1.85. The molecule has 20 heavy (non-hydrogen) atoms. The summed E-state index contributed by atoms with van der Waals surface area (Å²) >= 11 is 0. The number of hydrogen-bond donors (Lipinski definition) is 3. The van der Waals surface area contributed by atoms with Crippen molar-refractivity contribution < 1.29 is 5.11 Å². The number of nitrogens with two attached hydrogens (primary N) is 1. The molecular formula is C14H23N5O. The molecule has 0 aliphatic heterocycles.